The SMILES string of the molecule is N=C(c1c(N)ccnc1NC1CCCCC1)C1CCCCC1. The van der Waals surface area contributed by atoms with Crippen molar-refractivity contribution in [1.82, 2.24) is 4.98 Å². The van der Waals surface area contributed by atoms with E-state index in [0.717, 1.165) is 24.2 Å². The lowest BCUT2D eigenvalue weighted by molar-refractivity contribution is 0.438. The van der Waals surface area contributed by atoms with E-state index in [0.29, 0.717) is 23.4 Å². The molecule has 0 spiro atoms. The molecule has 3 rings (SSSR count). The van der Waals surface area contributed by atoms with E-state index in [1.807, 2.05) is 6.07 Å². The quantitative estimate of drug-likeness (QED) is 0.723. The standard InChI is InChI=1S/C18H28N4/c19-15-11-12-21-18(22-14-9-5-2-6-10-14)16(15)17(20)13-7-3-1-4-8-13/h11-14,20H,1-10H2,(H3,19,21,22). The average molecular weight is 300 g/mol. The fourth-order valence-electron chi connectivity index (χ4n) is 3.90. The molecule has 2 aliphatic carbocycles. The lowest BCUT2D eigenvalue weighted by atomic mass is 9.83. The molecule has 0 atom stereocenters. The van der Waals surface area contributed by atoms with Crippen LogP contribution in [0.2, 0.25) is 0 Å². The van der Waals surface area contributed by atoms with Crippen molar-refractivity contribution in [3.8, 4) is 0 Å². The number of anilines is 2. The van der Waals surface area contributed by atoms with E-state index in [9.17, 15) is 0 Å². The van der Waals surface area contributed by atoms with Crippen LogP contribution in [0.25, 0.3) is 0 Å². The Morgan fingerprint density at radius 3 is 2.36 bits per heavy atom. The molecule has 1 aromatic heterocycles. The number of rotatable bonds is 4. The van der Waals surface area contributed by atoms with Gasteiger partial charge in [-0.15, -0.1) is 0 Å². The largest absolute Gasteiger partial charge is 0.398 e. The monoisotopic (exact) mass is 300 g/mol. The van der Waals surface area contributed by atoms with Crippen molar-refractivity contribution in [3.05, 3.63) is 17.8 Å². The minimum absolute atomic E-state index is 0.354. The van der Waals surface area contributed by atoms with E-state index >= 15 is 0 Å². The maximum absolute atomic E-state index is 8.66. The molecule has 0 amide bonds. The third-order valence-electron chi connectivity index (χ3n) is 5.21. The number of nitrogen functional groups attached to an aromatic ring is 1. The summed E-state index contributed by atoms with van der Waals surface area (Å²) < 4.78 is 0. The molecule has 2 fully saturated rings. The van der Waals surface area contributed by atoms with E-state index < -0.39 is 0 Å². The van der Waals surface area contributed by atoms with Crippen LogP contribution in [0.15, 0.2) is 12.3 Å². The Morgan fingerprint density at radius 2 is 1.68 bits per heavy atom. The summed E-state index contributed by atoms with van der Waals surface area (Å²) in [5.74, 6) is 1.19. The topological polar surface area (TPSA) is 74.8 Å². The van der Waals surface area contributed by atoms with E-state index in [2.05, 4.69) is 10.3 Å². The van der Waals surface area contributed by atoms with Gasteiger partial charge in [0.15, 0.2) is 0 Å². The van der Waals surface area contributed by atoms with Gasteiger partial charge in [-0.25, -0.2) is 4.98 Å². The van der Waals surface area contributed by atoms with Gasteiger partial charge in [0, 0.05) is 29.6 Å². The molecule has 0 aliphatic heterocycles. The number of hydrogen-bond donors (Lipinski definition) is 3. The fraction of sp³-hybridized carbons (Fsp3) is 0.667. The molecule has 120 valence electrons. The minimum Gasteiger partial charge on any atom is -0.398 e. The highest BCUT2D eigenvalue weighted by molar-refractivity contribution is 6.08. The van der Waals surface area contributed by atoms with Gasteiger partial charge in [0.2, 0.25) is 0 Å². The van der Waals surface area contributed by atoms with Gasteiger partial charge in [-0.05, 0) is 31.7 Å². The zero-order valence-electron chi connectivity index (χ0n) is 13.4. The number of pyridine rings is 1. The number of nitrogens with one attached hydrogen (secondary N) is 2. The first kappa shape index (κ1) is 15.3. The van der Waals surface area contributed by atoms with Crippen LogP contribution < -0.4 is 11.1 Å². The Bertz CT molecular complexity index is 514. The average Bonchev–Trinajstić information content (AvgIpc) is 2.56. The van der Waals surface area contributed by atoms with Gasteiger partial charge in [0.1, 0.15) is 5.82 Å². The van der Waals surface area contributed by atoms with E-state index in [-0.39, 0.29) is 0 Å². The maximum atomic E-state index is 8.66. The summed E-state index contributed by atoms with van der Waals surface area (Å²) in [6.45, 7) is 0. The van der Waals surface area contributed by atoms with Crippen LogP contribution in [0, 0.1) is 11.3 Å². The second kappa shape index (κ2) is 7.12. The minimum atomic E-state index is 0.354. The van der Waals surface area contributed by atoms with E-state index in [4.69, 9.17) is 11.1 Å². The van der Waals surface area contributed by atoms with E-state index in [1.165, 1.54) is 51.4 Å². The van der Waals surface area contributed by atoms with Gasteiger partial charge in [-0.3, -0.25) is 0 Å². The first-order valence-electron chi connectivity index (χ1n) is 8.85. The third-order valence-corrected chi connectivity index (χ3v) is 5.21. The lowest BCUT2D eigenvalue weighted by Gasteiger charge is -2.27. The van der Waals surface area contributed by atoms with Crippen LogP contribution in [-0.2, 0) is 0 Å². The van der Waals surface area contributed by atoms with Crippen molar-refractivity contribution < 1.29 is 0 Å². The first-order valence-corrected chi connectivity index (χ1v) is 8.85. The Morgan fingerprint density at radius 1 is 1.05 bits per heavy atom. The smallest absolute Gasteiger partial charge is 0.137 e. The highest BCUT2D eigenvalue weighted by atomic mass is 15.0. The van der Waals surface area contributed by atoms with Crippen LogP contribution in [0.3, 0.4) is 0 Å². The number of nitrogens with zero attached hydrogens (tertiary/aromatic N) is 1. The Kier molecular flexibility index (Phi) is 4.96. The Labute approximate surface area is 133 Å². The van der Waals surface area contributed by atoms with Crippen LogP contribution in [0.4, 0.5) is 11.5 Å². The molecular weight excluding hydrogens is 272 g/mol. The maximum Gasteiger partial charge on any atom is 0.137 e. The third kappa shape index (κ3) is 3.42. The summed E-state index contributed by atoms with van der Waals surface area (Å²) in [4.78, 5) is 4.52. The fourth-order valence-corrected chi connectivity index (χ4v) is 3.90. The van der Waals surface area contributed by atoms with Gasteiger partial charge >= 0.3 is 0 Å². The highest BCUT2D eigenvalue weighted by Gasteiger charge is 2.24. The molecule has 4 nitrogen and oxygen atoms in total. The predicted octanol–water partition coefficient (Wildman–Crippen LogP) is 4.36. The Hall–Kier alpha value is -1.58. The number of aromatic nitrogens is 1. The second-order valence-corrected chi connectivity index (χ2v) is 6.85. The second-order valence-electron chi connectivity index (χ2n) is 6.85. The molecule has 22 heavy (non-hydrogen) atoms. The molecule has 2 aliphatic rings. The molecule has 1 aromatic rings. The first-order chi connectivity index (χ1) is 10.8. The van der Waals surface area contributed by atoms with Crippen LogP contribution in [0.1, 0.15) is 69.8 Å². The van der Waals surface area contributed by atoms with E-state index in [1.54, 1.807) is 6.20 Å². The van der Waals surface area contributed by atoms with Crippen molar-refractivity contribution in [2.45, 2.75) is 70.3 Å². The lowest BCUT2D eigenvalue weighted by Crippen LogP contribution is -2.26. The number of hydrogen-bond acceptors (Lipinski definition) is 4. The molecule has 0 saturated heterocycles. The molecule has 0 unspecified atom stereocenters. The summed E-state index contributed by atoms with van der Waals surface area (Å²) in [7, 11) is 0. The molecule has 0 aromatic carbocycles. The summed E-state index contributed by atoms with van der Waals surface area (Å²) in [5.41, 5.74) is 8.47. The molecule has 4 heteroatoms. The highest BCUT2D eigenvalue weighted by Crippen LogP contribution is 2.32. The van der Waals surface area contributed by atoms with Crippen molar-refractivity contribution in [2.75, 3.05) is 11.1 Å². The van der Waals surface area contributed by atoms with Crippen LogP contribution in [-0.4, -0.2) is 16.7 Å². The molecule has 1 heterocycles. The molecular formula is C18H28N4. The molecule has 0 bridgehead atoms. The molecule has 4 N–H and O–H groups in total. The summed E-state index contributed by atoms with van der Waals surface area (Å²) >= 11 is 0. The van der Waals surface area contributed by atoms with Gasteiger partial charge in [-0.1, -0.05) is 38.5 Å². The zero-order valence-corrected chi connectivity index (χ0v) is 13.4. The molecule has 0 radical (unpaired) electrons. The van der Waals surface area contributed by atoms with Crippen molar-refractivity contribution >= 4 is 17.2 Å². The van der Waals surface area contributed by atoms with Crippen LogP contribution >= 0.6 is 0 Å². The summed E-state index contributed by atoms with van der Waals surface area (Å²) in [5, 5.41) is 12.2. The van der Waals surface area contributed by atoms with Gasteiger partial charge < -0.3 is 16.5 Å². The summed E-state index contributed by atoms with van der Waals surface area (Å²) in [6.07, 6.45) is 14.1. The normalized spacial score (nSPS) is 20.7. The van der Waals surface area contributed by atoms with Gasteiger partial charge in [0.25, 0.3) is 0 Å². The van der Waals surface area contributed by atoms with Crippen molar-refractivity contribution in [2.24, 2.45) is 5.92 Å². The van der Waals surface area contributed by atoms with Crippen molar-refractivity contribution in [3.63, 3.8) is 0 Å². The predicted molar refractivity (Wildman–Crippen MR) is 92.5 cm³/mol. The number of nitrogens with two attached hydrogens (primary N) is 1. The zero-order chi connectivity index (χ0) is 15.4. The van der Waals surface area contributed by atoms with Gasteiger partial charge in [0.05, 0.1) is 5.56 Å². The van der Waals surface area contributed by atoms with Gasteiger partial charge in [-0.2, -0.15) is 0 Å². The summed E-state index contributed by atoms with van der Waals surface area (Å²) in [6, 6.07) is 2.32. The Balaban J connectivity index is 1.80. The molecule has 2 saturated carbocycles. The van der Waals surface area contributed by atoms with Crippen LogP contribution in [0.5, 0.6) is 0 Å². The van der Waals surface area contributed by atoms with Crippen molar-refractivity contribution in [1.29, 1.82) is 5.41 Å².